The second-order valence-electron chi connectivity index (χ2n) is 8.18. The minimum absolute atomic E-state index is 0.0931. The first-order chi connectivity index (χ1) is 18.5. The summed E-state index contributed by atoms with van der Waals surface area (Å²) in [5.74, 6) is -2.21. The highest BCUT2D eigenvalue weighted by atomic mass is 31.2. The van der Waals surface area contributed by atoms with E-state index in [9.17, 15) is 18.9 Å². The average molecular weight is 554 g/mol. The maximum atomic E-state index is 14.5. The van der Waals surface area contributed by atoms with Gasteiger partial charge in [-0.1, -0.05) is 18.2 Å². The highest BCUT2D eigenvalue weighted by Crippen LogP contribution is 2.61. The van der Waals surface area contributed by atoms with Crippen LogP contribution in [0.4, 0.5) is 16.2 Å². The number of nitrogens with two attached hydrogens (primary N) is 1. The summed E-state index contributed by atoms with van der Waals surface area (Å²) in [5, 5.41) is 15.3. The predicted octanol–water partition coefficient (Wildman–Crippen LogP) is 4.59. The quantitative estimate of drug-likeness (QED) is 0.137. The van der Waals surface area contributed by atoms with E-state index in [0.29, 0.717) is 16.9 Å². The van der Waals surface area contributed by atoms with E-state index in [2.05, 4.69) is 16.0 Å². The summed E-state index contributed by atoms with van der Waals surface area (Å²) in [6.45, 7) is 2.72. The number of hydrogen-bond donors (Lipinski definition) is 5. The highest BCUT2D eigenvalue weighted by Gasteiger charge is 2.44. The monoisotopic (exact) mass is 553 g/mol. The number of benzene rings is 3. The fraction of sp³-hybridized carbons (Fsp3) is 0.154. The maximum absolute atomic E-state index is 14.5. The predicted molar refractivity (Wildman–Crippen MR) is 146 cm³/mol. The SMILES string of the molecule is CNC(=O)OC(c1cccc(C(=N)N)c1)P(=O)(Oc1ccc(NC(C)=O)cc1)Oc1ccc(NC(C)=O)cc1. The molecule has 0 heterocycles. The van der Waals surface area contributed by atoms with Gasteiger partial charge < -0.3 is 35.5 Å². The lowest BCUT2D eigenvalue weighted by Gasteiger charge is -2.27. The molecule has 1 unspecified atom stereocenters. The van der Waals surface area contributed by atoms with Crippen LogP contribution in [0.15, 0.2) is 72.8 Å². The maximum Gasteiger partial charge on any atom is 0.475 e. The summed E-state index contributed by atoms with van der Waals surface area (Å²) in [4.78, 5) is 35.1. The molecule has 3 aromatic carbocycles. The Labute approximate surface area is 224 Å². The minimum Gasteiger partial charge on any atom is -0.426 e. The van der Waals surface area contributed by atoms with Crippen LogP contribution in [0.3, 0.4) is 0 Å². The van der Waals surface area contributed by atoms with Crippen molar-refractivity contribution >= 4 is 42.7 Å². The lowest BCUT2D eigenvalue weighted by atomic mass is 10.1. The molecule has 0 aliphatic carbocycles. The highest BCUT2D eigenvalue weighted by molar-refractivity contribution is 7.54. The van der Waals surface area contributed by atoms with Crippen LogP contribution >= 0.6 is 7.60 Å². The van der Waals surface area contributed by atoms with Gasteiger partial charge in [0.15, 0.2) is 0 Å². The molecule has 0 aliphatic heterocycles. The van der Waals surface area contributed by atoms with Gasteiger partial charge in [-0.25, -0.2) is 9.36 Å². The number of nitrogens with one attached hydrogen (secondary N) is 4. The Morgan fingerprint density at radius 1 is 0.846 bits per heavy atom. The fourth-order valence-electron chi connectivity index (χ4n) is 3.35. The molecule has 0 fully saturated rings. The van der Waals surface area contributed by atoms with E-state index in [0.717, 1.165) is 0 Å². The van der Waals surface area contributed by atoms with Gasteiger partial charge in [-0.3, -0.25) is 15.0 Å². The van der Waals surface area contributed by atoms with Gasteiger partial charge >= 0.3 is 13.7 Å². The van der Waals surface area contributed by atoms with Gasteiger partial charge in [-0.2, -0.15) is 0 Å². The Morgan fingerprint density at radius 3 is 1.74 bits per heavy atom. The van der Waals surface area contributed by atoms with Gasteiger partial charge in [0, 0.05) is 43.4 Å². The number of rotatable bonds is 10. The van der Waals surface area contributed by atoms with E-state index in [1.807, 2.05) is 0 Å². The van der Waals surface area contributed by atoms with Gasteiger partial charge in [-0.15, -0.1) is 0 Å². The van der Waals surface area contributed by atoms with Crippen molar-refractivity contribution in [2.45, 2.75) is 19.7 Å². The van der Waals surface area contributed by atoms with Gasteiger partial charge in [-0.05, 0) is 54.6 Å². The molecule has 3 rings (SSSR count). The van der Waals surface area contributed by atoms with Crippen molar-refractivity contribution in [1.82, 2.24) is 5.32 Å². The smallest absolute Gasteiger partial charge is 0.426 e. The first kappa shape index (κ1) is 28.7. The normalized spacial score (nSPS) is 11.5. The Hall–Kier alpha value is -4.83. The van der Waals surface area contributed by atoms with Crippen LogP contribution in [0.1, 0.15) is 30.8 Å². The molecule has 0 radical (unpaired) electrons. The average Bonchev–Trinajstić information content (AvgIpc) is 2.88. The first-order valence-electron chi connectivity index (χ1n) is 11.6. The van der Waals surface area contributed by atoms with E-state index in [4.69, 9.17) is 24.9 Å². The van der Waals surface area contributed by atoms with E-state index in [1.54, 1.807) is 12.1 Å². The third-order valence-corrected chi connectivity index (χ3v) is 6.92. The molecule has 0 saturated heterocycles. The molecule has 13 heteroatoms. The van der Waals surface area contributed by atoms with E-state index < -0.39 is 19.5 Å². The van der Waals surface area contributed by atoms with Crippen molar-refractivity contribution in [3.8, 4) is 11.5 Å². The van der Waals surface area contributed by atoms with E-state index >= 15 is 0 Å². The third-order valence-electron chi connectivity index (χ3n) is 5.01. The number of carbonyl (C=O) groups excluding carboxylic acids is 3. The molecule has 204 valence electrons. The van der Waals surface area contributed by atoms with Crippen molar-refractivity contribution in [2.24, 2.45) is 5.73 Å². The number of amides is 3. The number of nitrogen functional groups attached to an aromatic ring is 1. The molecule has 0 aromatic heterocycles. The zero-order valence-electron chi connectivity index (χ0n) is 21.4. The number of alkyl carbamates (subject to hydrolysis) is 1. The molecule has 0 bridgehead atoms. The van der Waals surface area contributed by atoms with Crippen LogP contribution in [0.2, 0.25) is 0 Å². The molecule has 0 aliphatic rings. The minimum atomic E-state index is -4.47. The van der Waals surface area contributed by atoms with E-state index in [-0.39, 0.29) is 34.7 Å². The summed E-state index contributed by atoms with van der Waals surface area (Å²) in [6.07, 6.45) is -0.914. The van der Waals surface area contributed by atoms with Gasteiger partial charge in [0.1, 0.15) is 17.3 Å². The lowest BCUT2D eigenvalue weighted by molar-refractivity contribution is -0.115. The molecular formula is C26H28N5O7P. The Kier molecular flexibility index (Phi) is 9.29. The van der Waals surface area contributed by atoms with Crippen LogP contribution in [-0.4, -0.2) is 30.8 Å². The van der Waals surface area contributed by atoms with Crippen LogP contribution in [0.25, 0.3) is 0 Å². The van der Waals surface area contributed by atoms with Crippen LogP contribution in [-0.2, 0) is 18.9 Å². The van der Waals surface area contributed by atoms with Crippen molar-refractivity contribution < 1.29 is 32.7 Å². The van der Waals surface area contributed by atoms with Crippen LogP contribution < -0.4 is 30.7 Å². The Morgan fingerprint density at radius 2 is 1.33 bits per heavy atom. The molecule has 1 atom stereocenters. The largest absolute Gasteiger partial charge is 0.475 e. The summed E-state index contributed by atoms with van der Waals surface area (Å²) in [6, 6.07) is 18.1. The summed E-state index contributed by atoms with van der Waals surface area (Å²) in [5.41, 5.74) is 7.08. The first-order valence-corrected chi connectivity index (χ1v) is 13.2. The van der Waals surface area contributed by atoms with Gasteiger partial charge in [0.2, 0.25) is 11.8 Å². The van der Waals surface area contributed by atoms with Gasteiger partial charge in [0.05, 0.1) is 0 Å². The summed E-state index contributed by atoms with van der Waals surface area (Å²) >= 11 is 0. The Bertz CT molecular complexity index is 1350. The molecule has 39 heavy (non-hydrogen) atoms. The Balaban J connectivity index is 2.08. The summed E-state index contributed by atoms with van der Waals surface area (Å²) in [7, 11) is -3.13. The molecule has 3 amide bonds. The van der Waals surface area contributed by atoms with E-state index in [1.165, 1.54) is 81.6 Å². The fourth-order valence-corrected chi connectivity index (χ4v) is 5.16. The van der Waals surface area contributed by atoms with Crippen molar-refractivity contribution in [3.05, 3.63) is 83.9 Å². The standard InChI is InChI=1S/C26H28N5O7P/c1-16(32)30-20-7-11-22(12-8-20)37-39(35,38-23-13-9-21(10-14-23)31-17(2)33)25(36-26(34)29-3)19-6-4-5-18(15-19)24(27)28/h4-15,25H,1-3H3,(H3,27,28)(H,29,34)(H,30,32)(H,31,33). The number of anilines is 2. The zero-order chi connectivity index (χ0) is 28.6. The second-order valence-corrected chi connectivity index (χ2v) is 10.1. The molecule has 3 aromatic rings. The number of amidine groups is 1. The number of carbonyl (C=O) groups is 3. The van der Waals surface area contributed by atoms with Crippen molar-refractivity contribution in [2.75, 3.05) is 17.7 Å². The van der Waals surface area contributed by atoms with Crippen LogP contribution in [0, 0.1) is 5.41 Å². The molecule has 0 saturated carbocycles. The molecule has 0 spiro atoms. The molecule has 12 nitrogen and oxygen atoms in total. The molecular weight excluding hydrogens is 525 g/mol. The summed E-state index contributed by atoms with van der Waals surface area (Å²) < 4.78 is 31.8. The number of ether oxygens (including phenoxy) is 1. The third kappa shape index (κ3) is 8.08. The molecule has 6 N–H and O–H groups in total. The van der Waals surface area contributed by atoms with Crippen LogP contribution in [0.5, 0.6) is 11.5 Å². The number of hydrogen-bond acceptors (Lipinski definition) is 8. The van der Waals surface area contributed by atoms with Crippen molar-refractivity contribution in [1.29, 1.82) is 5.41 Å². The topological polar surface area (TPSA) is 182 Å². The lowest BCUT2D eigenvalue weighted by Crippen LogP contribution is -2.24. The van der Waals surface area contributed by atoms with Gasteiger partial charge in [0.25, 0.3) is 5.85 Å². The van der Waals surface area contributed by atoms with Crippen molar-refractivity contribution in [3.63, 3.8) is 0 Å². The second kappa shape index (κ2) is 12.6. The zero-order valence-corrected chi connectivity index (χ0v) is 22.3.